The Morgan fingerprint density at radius 1 is 1.00 bits per heavy atom. The van der Waals surface area contributed by atoms with Gasteiger partial charge in [-0.1, -0.05) is 53.7 Å². The van der Waals surface area contributed by atoms with Gasteiger partial charge in [0.2, 0.25) is 0 Å². The average Bonchev–Trinajstić information content (AvgIpc) is 2.43. The summed E-state index contributed by atoms with van der Waals surface area (Å²) in [5.74, 6) is -0.128. The summed E-state index contributed by atoms with van der Waals surface area (Å²) in [6, 6.07) is 0. The highest BCUT2D eigenvalue weighted by molar-refractivity contribution is 5.91. The predicted molar refractivity (Wildman–Crippen MR) is 93.3 cm³/mol. The highest BCUT2D eigenvalue weighted by atomic mass is 16.6. The van der Waals surface area contributed by atoms with E-state index in [2.05, 4.69) is 12.2 Å². The number of carbonyl (C=O) groups is 2. The second-order valence-corrected chi connectivity index (χ2v) is 9.43. The van der Waals surface area contributed by atoms with Gasteiger partial charge in [-0.25, -0.2) is 0 Å². The van der Waals surface area contributed by atoms with E-state index in [0.29, 0.717) is 11.8 Å². The van der Waals surface area contributed by atoms with Crippen LogP contribution >= 0.6 is 0 Å². The van der Waals surface area contributed by atoms with Crippen molar-refractivity contribution >= 4 is 11.9 Å². The van der Waals surface area contributed by atoms with Gasteiger partial charge in [0.25, 0.3) is 0 Å². The van der Waals surface area contributed by atoms with Crippen molar-refractivity contribution in [2.75, 3.05) is 0 Å². The number of carbonyl (C=O) groups excluding carboxylic acids is 2. The summed E-state index contributed by atoms with van der Waals surface area (Å²) in [5.41, 5.74) is -0.379. The summed E-state index contributed by atoms with van der Waals surface area (Å²) in [4.78, 5) is 24.4. The molecule has 0 radical (unpaired) electrons. The van der Waals surface area contributed by atoms with E-state index in [-0.39, 0.29) is 29.5 Å². The summed E-state index contributed by atoms with van der Waals surface area (Å²) in [5, 5.41) is 0. The van der Waals surface area contributed by atoms with Gasteiger partial charge in [-0.15, -0.1) is 0 Å². The highest BCUT2D eigenvalue weighted by Crippen LogP contribution is 2.38. The lowest BCUT2D eigenvalue weighted by Crippen LogP contribution is -2.42. The van der Waals surface area contributed by atoms with Crippen molar-refractivity contribution in [2.24, 2.45) is 22.7 Å². The Morgan fingerprint density at radius 3 is 2.04 bits per heavy atom. The molecule has 0 aromatic heterocycles. The number of allylic oxidation sites excluding steroid dienone is 1. The molecule has 4 nitrogen and oxygen atoms in total. The van der Waals surface area contributed by atoms with Crippen molar-refractivity contribution < 1.29 is 19.1 Å². The molecular weight excluding hydrogens is 304 g/mol. The average molecular weight is 336 g/mol. The number of rotatable bonds is 4. The van der Waals surface area contributed by atoms with Crippen molar-refractivity contribution in [3.63, 3.8) is 0 Å². The largest absolute Gasteiger partial charge is 0.461 e. The molecular formula is C20H32O4. The first-order chi connectivity index (χ1) is 11.0. The van der Waals surface area contributed by atoms with Gasteiger partial charge in [0, 0.05) is 5.92 Å². The first-order valence-electron chi connectivity index (χ1n) is 9.04. The fourth-order valence-electron chi connectivity index (χ4n) is 4.17. The first-order valence-corrected chi connectivity index (χ1v) is 9.04. The van der Waals surface area contributed by atoms with Gasteiger partial charge in [-0.3, -0.25) is 9.59 Å². The van der Waals surface area contributed by atoms with Gasteiger partial charge in [0.05, 0.1) is 0 Å². The molecule has 0 spiro atoms. The van der Waals surface area contributed by atoms with Crippen molar-refractivity contribution in [1.82, 2.24) is 0 Å². The standard InChI is InChI=1S/C20H32O4/c1-19(2,3)18(20(4,5)6)24-17(22)12-16(21)23-15-11-13-7-9-14(15)10-8-13/h7,9,13-15,18H,8,10-12H2,1-6H3. The zero-order valence-corrected chi connectivity index (χ0v) is 15.9. The number of ether oxygens (including phenoxy) is 2. The van der Waals surface area contributed by atoms with Crippen LogP contribution in [0.1, 0.15) is 67.2 Å². The highest BCUT2D eigenvalue weighted by Gasteiger charge is 2.39. The van der Waals surface area contributed by atoms with Crippen LogP contribution in [0.3, 0.4) is 0 Å². The van der Waals surface area contributed by atoms with Crippen LogP contribution < -0.4 is 0 Å². The van der Waals surface area contributed by atoms with Crippen molar-refractivity contribution in [3.05, 3.63) is 12.2 Å². The molecule has 0 amide bonds. The maximum atomic E-state index is 12.2. The molecule has 0 aliphatic heterocycles. The second kappa shape index (κ2) is 6.89. The normalized spacial score (nSPS) is 26.5. The molecule has 136 valence electrons. The van der Waals surface area contributed by atoms with Crippen LogP contribution in [0.5, 0.6) is 0 Å². The molecule has 3 rings (SSSR count). The van der Waals surface area contributed by atoms with Gasteiger partial charge in [-0.2, -0.15) is 0 Å². The van der Waals surface area contributed by atoms with Crippen LogP contribution in [0.15, 0.2) is 12.2 Å². The monoisotopic (exact) mass is 336 g/mol. The molecule has 0 heterocycles. The van der Waals surface area contributed by atoms with E-state index in [1.807, 2.05) is 41.5 Å². The molecule has 1 saturated carbocycles. The molecule has 3 atom stereocenters. The Kier molecular flexibility index (Phi) is 5.46. The Labute approximate surface area is 146 Å². The minimum Gasteiger partial charge on any atom is -0.461 e. The van der Waals surface area contributed by atoms with Gasteiger partial charge in [-0.05, 0) is 36.0 Å². The third-order valence-electron chi connectivity index (χ3n) is 4.91. The minimum absolute atomic E-state index is 0.0740. The Morgan fingerprint density at radius 2 is 1.62 bits per heavy atom. The third kappa shape index (κ3) is 4.84. The number of esters is 2. The number of hydrogen-bond donors (Lipinski definition) is 0. The molecule has 0 aromatic carbocycles. The van der Waals surface area contributed by atoms with E-state index >= 15 is 0 Å². The van der Waals surface area contributed by atoms with Crippen LogP contribution in [0.4, 0.5) is 0 Å². The molecule has 3 aliphatic carbocycles. The molecule has 0 N–H and O–H groups in total. The topological polar surface area (TPSA) is 52.6 Å². The minimum atomic E-state index is -0.494. The number of hydrogen-bond acceptors (Lipinski definition) is 4. The lowest BCUT2D eigenvalue weighted by atomic mass is 9.74. The summed E-state index contributed by atoms with van der Waals surface area (Å²) < 4.78 is 11.2. The van der Waals surface area contributed by atoms with Crippen molar-refractivity contribution in [2.45, 2.75) is 79.4 Å². The molecule has 24 heavy (non-hydrogen) atoms. The van der Waals surface area contributed by atoms with Gasteiger partial charge in [0.15, 0.2) is 0 Å². The van der Waals surface area contributed by atoms with Crippen LogP contribution in [-0.4, -0.2) is 24.1 Å². The zero-order chi connectivity index (χ0) is 18.1. The molecule has 0 saturated heterocycles. The van der Waals surface area contributed by atoms with Gasteiger partial charge in [0.1, 0.15) is 18.6 Å². The van der Waals surface area contributed by atoms with Gasteiger partial charge < -0.3 is 9.47 Å². The maximum absolute atomic E-state index is 12.2. The zero-order valence-electron chi connectivity index (χ0n) is 15.9. The van der Waals surface area contributed by atoms with Crippen LogP contribution in [0, 0.1) is 22.7 Å². The SMILES string of the molecule is CC(C)(C)C(OC(=O)CC(=O)OC1CC2C=CC1CC2)C(C)(C)C. The summed E-state index contributed by atoms with van der Waals surface area (Å²) in [6.45, 7) is 12.2. The van der Waals surface area contributed by atoms with E-state index < -0.39 is 11.9 Å². The lowest BCUT2D eigenvalue weighted by Gasteiger charge is -2.39. The van der Waals surface area contributed by atoms with Crippen LogP contribution in [-0.2, 0) is 19.1 Å². The molecule has 2 bridgehead atoms. The molecule has 4 heteroatoms. The molecule has 1 fully saturated rings. The smallest absolute Gasteiger partial charge is 0.317 e. The van der Waals surface area contributed by atoms with Crippen molar-refractivity contribution in [1.29, 1.82) is 0 Å². The van der Waals surface area contributed by atoms with Gasteiger partial charge >= 0.3 is 11.9 Å². The van der Waals surface area contributed by atoms with Crippen LogP contribution in [0.2, 0.25) is 0 Å². The second-order valence-electron chi connectivity index (χ2n) is 9.43. The lowest BCUT2D eigenvalue weighted by molar-refractivity contribution is -0.171. The van der Waals surface area contributed by atoms with E-state index in [4.69, 9.17) is 9.47 Å². The molecule has 3 aliphatic rings. The van der Waals surface area contributed by atoms with E-state index in [9.17, 15) is 9.59 Å². The fraction of sp³-hybridized carbons (Fsp3) is 0.800. The number of fused-ring (bicyclic) bond motifs is 2. The predicted octanol–water partition coefficient (Wildman–Crippen LogP) is 4.28. The summed E-state index contributed by atoms with van der Waals surface area (Å²) >= 11 is 0. The quantitative estimate of drug-likeness (QED) is 0.437. The fourth-order valence-corrected chi connectivity index (χ4v) is 4.17. The summed E-state index contributed by atoms with van der Waals surface area (Å²) in [6.07, 6.45) is 6.87. The Balaban J connectivity index is 1.87. The molecule has 0 aromatic rings. The Hall–Kier alpha value is -1.32. The molecule has 3 unspecified atom stereocenters. The van der Waals surface area contributed by atoms with Crippen LogP contribution in [0.25, 0.3) is 0 Å². The third-order valence-corrected chi connectivity index (χ3v) is 4.91. The van der Waals surface area contributed by atoms with Crippen molar-refractivity contribution in [3.8, 4) is 0 Å². The van der Waals surface area contributed by atoms with E-state index in [1.165, 1.54) is 6.42 Å². The Bertz CT molecular complexity index is 493. The first kappa shape index (κ1) is 19.0. The summed E-state index contributed by atoms with van der Waals surface area (Å²) in [7, 11) is 0. The maximum Gasteiger partial charge on any atom is 0.317 e. The van der Waals surface area contributed by atoms with E-state index in [1.54, 1.807) is 0 Å². The van der Waals surface area contributed by atoms with E-state index in [0.717, 1.165) is 12.8 Å².